The number of esters is 1. The van der Waals surface area contributed by atoms with E-state index in [1.807, 2.05) is 18.4 Å². The highest BCUT2D eigenvalue weighted by Crippen LogP contribution is 2.16. The lowest BCUT2D eigenvalue weighted by molar-refractivity contribution is -0.139. The summed E-state index contributed by atoms with van der Waals surface area (Å²) in [5, 5.41) is 4.37. The summed E-state index contributed by atoms with van der Waals surface area (Å²) < 4.78 is 4.42. The summed E-state index contributed by atoms with van der Waals surface area (Å²) in [6, 6.07) is 1.91. The van der Waals surface area contributed by atoms with Crippen LogP contribution in [0.2, 0.25) is 0 Å². The lowest BCUT2D eigenvalue weighted by Gasteiger charge is -2.03. The van der Waals surface area contributed by atoms with Gasteiger partial charge >= 0.3 is 5.97 Å². The first kappa shape index (κ1) is 11.7. The molecule has 0 unspecified atom stereocenters. The molecule has 1 amide bonds. The summed E-state index contributed by atoms with van der Waals surface area (Å²) in [5.41, 5.74) is 1.00. The Hall–Kier alpha value is -1.36. The number of amides is 1. The molecule has 0 bridgehead atoms. The summed E-state index contributed by atoms with van der Waals surface area (Å²) in [4.78, 5) is 23.1. The van der Waals surface area contributed by atoms with E-state index >= 15 is 0 Å². The SMILES string of the molecule is CCc1ccsc1C(=O)NCC(=O)OC. The molecule has 0 aliphatic rings. The summed E-state index contributed by atoms with van der Waals surface area (Å²) in [6.07, 6.45) is 0.810. The average Bonchev–Trinajstić information content (AvgIpc) is 2.73. The molecule has 0 radical (unpaired) electrons. The molecule has 15 heavy (non-hydrogen) atoms. The highest BCUT2D eigenvalue weighted by atomic mass is 32.1. The minimum Gasteiger partial charge on any atom is -0.468 e. The van der Waals surface area contributed by atoms with Gasteiger partial charge in [-0.1, -0.05) is 6.92 Å². The molecule has 0 saturated heterocycles. The summed E-state index contributed by atoms with van der Waals surface area (Å²) in [7, 11) is 1.29. The van der Waals surface area contributed by atoms with Crippen LogP contribution in [0.15, 0.2) is 11.4 Å². The minimum atomic E-state index is -0.446. The van der Waals surface area contributed by atoms with Gasteiger partial charge in [0.15, 0.2) is 0 Å². The lowest BCUT2D eigenvalue weighted by Crippen LogP contribution is -2.30. The van der Waals surface area contributed by atoms with Gasteiger partial charge in [0.2, 0.25) is 0 Å². The van der Waals surface area contributed by atoms with E-state index in [2.05, 4.69) is 10.1 Å². The third-order valence-corrected chi connectivity index (χ3v) is 2.91. The van der Waals surface area contributed by atoms with Crippen molar-refractivity contribution in [2.24, 2.45) is 0 Å². The molecule has 0 saturated carbocycles. The number of carbonyl (C=O) groups excluding carboxylic acids is 2. The van der Waals surface area contributed by atoms with E-state index in [4.69, 9.17) is 0 Å². The molecule has 1 heterocycles. The van der Waals surface area contributed by atoms with Crippen molar-refractivity contribution in [3.05, 3.63) is 21.9 Å². The van der Waals surface area contributed by atoms with Crippen LogP contribution in [-0.4, -0.2) is 25.5 Å². The Morgan fingerprint density at radius 1 is 1.53 bits per heavy atom. The monoisotopic (exact) mass is 227 g/mol. The second kappa shape index (κ2) is 5.50. The second-order valence-electron chi connectivity index (χ2n) is 2.89. The number of aryl methyl sites for hydroxylation is 1. The molecule has 1 rings (SSSR count). The molecule has 82 valence electrons. The summed E-state index contributed by atoms with van der Waals surface area (Å²) in [6.45, 7) is 1.90. The van der Waals surface area contributed by atoms with Crippen LogP contribution >= 0.6 is 11.3 Å². The van der Waals surface area contributed by atoms with Crippen molar-refractivity contribution in [2.45, 2.75) is 13.3 Å². The van der Waals surface area contributed by atoms with Crippen LogP contribution in [0.4, 0.5) is 0 Å². The van der Waals surface area contributed by atoms with Gasteiger partial charge in [-0.25, -0.2) is 0 Å². The van der Waals surface area contributed by atoms with E-state index in [9.17, 15) is 9.59 Å². The van der Waals surface area contributed by atoms with Gasteiger partial charge in [0.05, 0.1) is 12.0 Å². The Balaban J connectivity index is 2.57. The van der Waals surface area contributed by atoms with Gasteiger partial charge in [0.25, 0.3) is 5.91 Å². The van der Waals surface area contributed by atoms with Crippen molar-refractivity contribution in [2.75, 3.05) is 13.7 Å². The zero-order valence-corrected chi connectivity index (χ0v) is 9.52. The Labute approximate surface area is 92.2 Å². The first-order valence-corrected chi connectivity index (χ1v) is 5.48. The lowest BCUT2D eigenvalue weighted by atomic mass is 10.2. The Morgan fingerprint density at radius 2 is 2.27 bits per heavy atom. The van der Waals surface area contributed by atoms with Gasteiger partial charge in [0, 0.05) is 0 Å². The maximum absolute atomic E-state index is 11.6. The smallest absolute Gasteiger partial charge is 0.325 e. The largest absolute Gasteiger partial charge is 0.468 e. The topological polar surface area (TPSA) is 55.4 Å². The minimum absolute atomic E-state index is 0.0869. The molecule has 1 aromatic rings. The van der Waals surface area contributed by atoms with E-state index < -0.39 is 5.97 Å². The van der Waals surface area contributed by atoms with Crippen molar-refractivity contribution in [1.29, 1.82) is 0 Å². The number of thiophene rings is 1. The predicted octanol–water partition coefficient (Wildman–Crippen LogP) is 1.21. The molecule has 0 aliphatic carbocycles. The first-order valence-electron chi connectivity index (χ1n) is 4.60. The molecule has 0 aliphatic heterocycles. The highest BCUT2D eigenvalue weighted by molar-refractivity contribution is 7.12. The first-order chi connectivity index (χ1) is 7.19. The van der Waals surface area contributed by atoms with Crippen molar-refractivity contribution >= 4 is 23.2 Å². The van der Waals surface area contributed by atoms with E-state index in [1.54, 1.807) is 0 Å². The normalized spacial score (nSPS) is 9.73. The van der Waals surface area contributed by atoms with Gasteiger partial charge in [-0.05, 0) is 23.4 Å². The van der Waals surface area contributed by atoms with Gasteiger partial charge in [-0.15, -0.1) is 11.3 Å². The quantitative estimate of drug-likeness (QED) is 0.787. The second-order valence-corrected chi connectivity index (χ2v) is 3.80. The van der Waals surface area contributed by atoms with E-state index in [-0.39, 0.29) is 12.5 Å². The predicted molar refractivity (Wildman–Crippen MR) is 58.0 cm³/mol. The Morgan fingerprint density at radius 3 is 2.87 bits per heavy atom. The fourth-order valence-corrected chi connectivity index (χ4v) is 2.03. The Kier molecular flexibility index (Phi) is 4.30. The molecular weight excluding hydrogens is 214 g/mol. The van der Waals surface area contributed by atoms with Gasteiger partial charge in [0.1, 0.15) is 6.54 Å². The fourth-order valence-electron chi connectivity index (χ4n) is 1.12. The van der Waals surface area contributed by atoms with E-state index in [0.29, 0.717) is 4.88 Å². The summed E-state index contributed by atoms with van der Waals surface area (Å²) in [5.74, 6) is -0.662. The van der Waals surface area contributed by atoms with Gasteiger partial charge in [-0.2, -0.15) is 0 Å². The zero-order chi connectivity index (χ0) is 11.3. The fraction of sp³-hybridized carbons (Fsp3) is 0.400. The van der Waals surface area contributed by atoms with Gasteiger partial charge in [-0.3, -0.25) is 9.59 Å². The van der Waals surface area contributed by atoms with Crippen molar-refractivity contribution < 1.29 is 14.3 Å². The standard InChI is InChI=1S/C10H13NO3S/c1-3-7-4-5-15-9(7)10(13)11-6-8(12)14-2/h4-5H,3,6H2,1-2H3,(H,11,13). The van der Waals surface area contributed by atoms with E-state index in [1.165, 1.54) is 18.4 Å². The van der Waals surface area contributed by atoms with E-state index in [0.717, 1.165) is 12.0 Å². The van der Waals surface area contributed by atoms with Crippen LogP contribution in [0.25, 0.3) is 0 Å². The molecule has 1 aromatic heterocycles. The van der Waals surface area contributed by atoms with Crippen LogP contribution in [0.3, 0.4) is 0 Å². The molecule has 0 fully saturated rings. The van der Waals surface area contributed by atoms with Crippen LogP contribution in [0, 0.1) is 0 Å². The Bertz CT molecular complexity index is 359. The van der Waals surface area contributed by atoms with Gasteiger partial charge < -0.3 is 10.1 Å². The molecule has 0 spiro atoms. The number of rotatable bonds is 4. The molecule has 4 nitrogen and oxygen atoms in total. The number of hydrogen-bond acceptors (Lipinski definition) is 4. The van der Waals surface area contributed by atoms with Crippen molar-refractivity contribution in [1.82, 2.24) is 5.32 Å². The molecule has 0 atom stereocenters. The van der Waals surface area contributed by atoms with Crippen molar-refractivity contribution in [3.8, 4) is 0 Å². The molecule has 0 aromatic carbocycles. The maximum atomic E-state index is 11.6. The number of carbonyl (C=O) groups is 2. The molecular formula is C10H13NO3S. The maximum Gasteiger partial charge on any atom is 0.325 e. The number of methoxy groups -OCH3 is 1. The third kappa shape index (κ3) is 3.06. The number of hydrogen-bond donors (Lipinski definition) is 1. The number of ether oxygens (including phenoxy) is 1. The van der Waals surface area contributed by atoms with Crippen molar-refractivity contribution in [3.63, 3.8) is 0 Å². The molecule has 5 heteroatoms. The summed E-state index contributed by atoms with van der Waals surface area (Å²) >= 11 is 1.38. The number of nitrogens with one attached hydrogen (secondary N) is 1. The highest BCUT2D eigenvalue weighted by Gasteiger charge is 2.12. The van der Waals surface area contributed by atoms with Crippen LogP contribution in [-0.2, 0) is 16.0 Å². The van der Waals surface area contributed by atoms with Crippen LogP contribution < -0.4 is 5.32 Å². The molecule has 1 N–H and O–H groups in total. The zero-order valence-electron chi connectivity index (χ0n) is 8.70. The average molecular weight is 227 g/mol. The third-order valence-electron chi connectivity index (χ3n) is 1.95. The van der Waals surface area contributed by atoms with Crippen LogP contribution in [0.5, 0.6) is 0 Å². The van der Waals surface area contributed by atoms with Crippen LogP contribution in [0.1, 0.15) is 22.2 Å².